The van der Waals surface area contributed by atoms with Crippen LogP contribution in [0.1, 0.15) is 11.1 Å². The second kappa shape index (κ2) is 7.59. The van der Waals surface area contributed by atoms with E-state index >= 15 is 0 Å². The van der Waals surface area contributed by atoms with E-state index in [1.165, 1.54) is 6.21 Å². The molecule has 0 aromatic heterocycles. The standard InChI is InChI=1S/C16H16ClN3O2/c17-14-4-2-1-3-12(14)10-19-20-16(22)15(18)9-11-5-7-13(21)8-6-11/h1-8,10,15,21H,9,18H2,(H,20,22). The van der Waals surface area contributed by atoms with Crippen LogP contribution in [0, 0.1) is 0 Å². The molecular weight excluding hydrogens is 302 g/mol. The van der Waals surface area contributed by atoms with E-state index in [1.807, 2.05) is 12.1 Å². The number of nitrogens with one attached hydrogen (secondary N) is 1. The van der Waals surface area contributed by atoms with Gasteiger partial charge in [0.15, 0.2) is 0 Å². The maximum Gasteiger partial charge on any atom is 0.257 e. The SMILES string of the molecule is NC(Cc1ccc(O)cc1)C(=O)NN=Cc1ccccc1Cl. The maximum atomic E-state index is 11.9. The van der Waals surface area contributed by atoms with Crippen LogP contribution in [-0.4, -0.2) is 23.3 Å². The summed E-state index contributed by atoms with van der Waals surface area (Å²) in [5, 5.41) is 13.6. The van der Waals surface area contributed by atoms with Gasteiger partial charge >= 0.3 is 0 Å². The normalized spacial score (nSPS) is 12.3. The number of phenolic OH excluding ortho intramolecular Hbond substituents is 1. The van der Waals surface area contributed by atoms with Crippen LogP contribution in [0.15, 0.2) is 53.6 Å². The molecule has 1 amide bonds. The van der Waals surface area contributed by atoms with E-state index < -0.39 is 11.9 Å². The van der Waals surface area contributed by atoms with Gasteiger partial charge in [-0.15, -0.1) is 0 Å². The first-order valence-corrected chi connectivity index (χ1v) is 7.05. The van der Waals surface area contributed by atoms with Crippen molar-refractivity contribution in [1.29, 1.82) is 0 Å². The molecule has 2 aromatic rings. The minimum Gasteiger partial charge on any atom is -0.508 e. The number of amides is 1. The molecule has 0 spiro atoms. The van der Waals surface area contributed by atoms with Crippen molar-refractivity contribution in [3.63, 3.8) is 0 Å². The summed E-state index contributed by atoms with van der Waals surface area (Å²) in [6.45, 7) is 0. The van der Waals surface area contributed by atoms with Gasteiger partial charge in [0.1, 0.15) is 5.75 Å². The average molecular weight is 318 g/mol. The molecule has 114 valence electrons. The molecule has 0 aliphatic rings. The van der Waals surface area contributed by atoms with Crippen molar-refractivity contribution in [2.24, 2.45) is 10.8 Å². The van der Waals surface area contributed by atoms with Gasteiger partial charge in [-0.1, -0.05) is 41.9 Å². The van der Waals surface area contributed by atoms with Crippen molar-refractivity contribution in [3.8, 4) is 5.75 Å². The maximum absolute atomic E-state index is 11.9. The molecule has 0 radical (unpaired) electrons. The predicted octanol–water partition coefficient (Wildman–Crippen LogP) is 2.07. The predicted molar refractivity (Wildman–Crippen MR) is 87.0 cm³/mol. The van der Waals surface area contributed by atoms with Gasteiger partial charge in [-0.25, -0.2) is 5.43 Å². The number of nitrogens with zero attached hydrogens (tertiary/aromatic N) is 1. The molecule has 0 fully saturated rings. The highest BCUT2D eigenvalue weighted by molar-refractivity contribution is 6.33. The van der Waals surface area contributed by atoms with E-state index in [1.54, 1.807) is 36.4 Å². The Labute approximate surface area is 133 Å². The number of hydrazone groups is 1. The van der Waals surface area contributed by atoms with Crippen molar-refractivity contribution >= 4 is 23.7 Å². The van der Waals surface area contributed by atoms with Crippen LogP contribution in [0.3, 0.4) is 0 Å². The second-order valence-corrected chi connectivity index (χ2v) is 5.14. The van der Waals surface area contributed by atoms with E-state index in [-0.39, 0.29) is 5.75 Å². The van der Waals surface area contributed by atoms with Crippen molar-refractivity contribution in [1.82, 2.24) is 5.43 Å². The lowest BCUT2D eigenvalue weighted by molar-refractivity contribution is -0.122. The Balaban J connectivity index is 1.89. The van der Waals surface area contributed by atoms with E-state index in [0.29, 0.717) is 17.0 Å². The Bertz CT molecular complexity index is 671. The van der Waals surface area contributed by atoms with Gasteiger partial charge in [0.25, 0.3) is 5.91 Å². The first kappa shape index (κ1) is 16.0. The third-order valence-corrected chi connectivity index (χ3v) is 3.36. The van der Waals surface area contributed by atoms with Crippen LogP contribution in [0.5, 0.6) is 5.75 Å². The van der Waals surface area contributed by atoms with Crippen molar-refractivity contribution < 1.29 is 9.90 Å². The minimum absolute atomic E-state index is 0.172. The van der Waals surface area contributed by atoms with E-state index in [0.717, 1.165) is 5.56 Å². The second-order valence-electron chi connectivity index (χ2n) is 4.73. The molecule has 0 aliphatic heterocycles. The number of benzene rings is 2. The fourth-order valence-electron chi connectivity index (χ4n) is 1.81. The highest BCUT2D eigenvalue weighted by Crippen LogP contribution is 2.12. The number of carbonyl (C=O) groups excluding carboxylic acids is 1. The molecule has 5 nitrogen and oxygen atoms in total. The van der Waals surface area contributed by atoms with Crippen LogP contribution in [0.25, 0.3) is 0 Å². The number of aromatic hydroxyl groups is 1. The first-order chi connectivity index (χ1) is 10.6. The molecule has 2 rings (SSSR count). The van der Waals surface area contributed by atoms with E-state index in [4.69, 9.17) is 17.3 Å². The summed E-state index contributed by atoms with van der Waals surface area (Å²) >= 11 is 5.97. The summed E-state index contributed by atoms with van der Waals surface area (Å²) in [7, 11) is 0. The lowest BCUT2D eigenvalue weighted by Crippen LogP contribution is -2.39. The lowest BCUT2D eigenvalue weighted by Gasteiger charge is -2.09. The number of nitrogens with two attached hydrogens (primary N) is 1. The fraction of sp³-hybridized carbons (Fsp3) is 0.125. The summed E-state index contributed by atoms with van der Waals surface area (Å²) in [4.78, 5) is 11.9. The van der Waals surface area contributed by atoms with Crippen molar-refractivity contribution in [2.45, 2.75) is 12.5 Å². The monoisotopic (exact) mass is 317 g/mol. The summed E-state index contributed by atoms with van der Waals surface area (Å²) < 4.78 is 0. The summed E-state index contributed by atoms with van der Waals surface area (Å²) in [5.41, 5.74) is 9.77. The Morgan fingerprint density at radius 1 is 1.27 bits per heavy atom. The zero-order valence-corrected chi connectivity index (χ0v) is 12.5. The first-order valence-electron chi connectivity index (χ1n) is 6.67. The Hall–Kier alpha value is -2.37. The molecule has 1 unspecified atom stereocenters. The van der Waals surface area contributed by atoms with Crippen molar-refractivity contribution in [2.75, 3.05) is 0 Å². The van der Waals surface area contributed by atoms with Gasteiger partial charge in [-0.05, 0) is 30.2 Å². The summed E-state index contributed by atoms with van der Waals surface area (Å²) in [6.07, 6.45) is 1.82. The topological polar surface area (TPSA) is 87.7 Å². The van der Waals surface area contributed by atoms with Crippen LogP contribution in [0.2, 0.25) is 5.02 Å². The smallest absolute Gasteiger partial charge is 0.257 e. The van der Waals surface area contributed by atoms with Gasteiger partial charge < -0.3 is 10.8 Å². The molecule has 1 atom stereocenters. The van der Waals surface area contributed by atoms with Crippen LogP contribution in [0.4, 0.5) is 0 Å². The van der Waals surface area contributed by atoms with E-state index in [9.17, 15) is 9.90 Å². The largest absolute Gasteiger partial charge is 0.508 e. The van der Waals surface area contributed by atoms with Gasteiger partial charge in [0.05, 0.1) is 12.3 Å². The van der Waals surface area contributed by atoms with E-state index in [2.05, 4.69) is 10.5 Å². The van der Waals surface area contributed by atoms with Gasteiger partial charge in [-0.3, -0.25) is 4.79 Å². The highest BCUT2D eigenvalue weighted by atomic mass is 35.5. The lowest BCUT2D eigenvalue weighted by atomic mass is 10.1. The number of halogens is 1. The minimum atomic E-state index is -0.729. The zero-order chi connectivity index (χ0) is 15.9. The molecule has 22 heavy (non-hydrogen) atoms. The van der Waals surface area contributed by atoms with Crippen LogP contribution in [-0.2, 0) is 11.2 Å². The number of rotatable bonds is 5. The van der Waals surface area contributed by atoms with Crippen molar-refractivity contribution in [3.05, 3.63) is 64.7 Å². The molecule has 0 heterocycles. The van der Waals surface area contributed by atoms with Gasteiger partial charge in [0.2, 0.25) is 0 Å². The molecule has 2 aromatic carbocycles. The molecular formula is C16H16ClN3O2. The quantitative estimate of drug-likeness (QED) is 0.582. The third-order valence-electron chi connectivity index (χ3n) is 3.01. The summed E-state index contributed by atoms with van der Waals surface area (Å²) in [5.74, 6) is -0.220. The molecule has 0 aliphatic carbocycles. The molecule has 6 heteroatoms. The molecule has 0 bridgehead atoms. The number of hydrogen-bond donors (Lipinski definition) is 3. The van der Waals surface area contributed by atoms with Crippen LogP contribution >= 0.6 is 11.6 Å². The Morgan fingerprint density at radius 3 is 2.64 bits per heavy atom. The molecule has 0 saturated carbocycles. The molecule has 0 saturated heterocycles. The Morgan fingerprint density at radius 2 is 1.95 bits per heavy atom. The number of carbonyl (C=O) groups is 1. The fourth-order valence-corrected chi connectivity index (χ4v) is 1.99. The Kier molecular flexibility index (Phi) is 5.52. The third kappa shape index (κ3) is 4.58. The zero-order valence-electron chi connectivity index (χ0n) is 11.7. The highest BCUT2D eigenvalue weighted by Gasteiger charge is 2.13. The van der Waals surface area contributed by atoms with Crippen LogP contribution < -0.4 is 11.2 Å². The van der Waals surface area contributed by atoms with Gasteiger partial charge in [-0.2, -0.15) is 5.10 Å². The molecule has 4 N–H and O–H groups in total. The summed E-state index contributed by atoms with van der Waals surface area (Å²) in [6, 6.07) is 13.0. The number of phenols is 1. The average Bonchev–Trinajstić information content (AvgIpc) is 2.51. The number of hydrogen-bond acceptors (Lipinski definition) is 4. The van der Waals surface area contributed by atoms with Gasteiger partial charge in [0, 0.05) is 10.6 Å².